The van der Waals surface area contributed by atoms with E-state index in [4.69, 9.17) is 20.9 Å². The molecule has 0 radical (unpaired) electrons. The SMILES string of the molecule is Cc1cc(NC(=O)COC(=O)c2ccc3c(c2)C(=O)N(c2ccccc2Cl)C3=O)on1. The first-order chi connectivity index (χ1) is 14.8. The summed E-state index contributed by atoms with van der Waals surface area (Å²) >= 11 is 6.12. The van der Waals surface area contributed by atoms with Crippen LogP contribution in [0.25, 0.3) is 0 Å². The summed E-state index contributed by atoms with van der Waals surface area (Å²) in [5, 5.41) is 6.25. The minimum Gasteiger partial charge on any atom is -0.452 e. The topological polar surface area (TPSA) is 119 Å². The van der Waals surface area contributed by atoms with Crippen molar-refractivity contribution >= 4 is 46.9 Å². The standard InChI is InChI=1S/C21H14ClN3O6/c1-11-8-18(31-24-11)23-17(26)10-30-21(29)12-6-7-13-14(9-12)20(28)25(19(13)27)16-5-3-2-4-15(16)22/h2-9H,10H2,1H3,(H,23,26). The van der Waals surface area contributed by atoms with Crippen molar-refractivity contribution in [2.24, 2.45) is 0 Å². The lowest BCUT2D eigenvalue weighted by Crippen LogP contribution is -2.29. The van der Waals surface area contributed by atoms with Gasteiger partial charge in [-0.2, -0.15) is 0 Å². The summed E-state index contributed by atoms with van der Waals surface area (Å²) in [7, 11) is 0. The second-order valence-corrected chi connectivity index (χ2v) is 7.02. The molecule has 156 valence electrons. The molecule has 9 nitrogen and oxygen atoms in total. The molecule has 2 heterocycles. The summed E-state index contributed by atoms with van der Waals surface area (Å²) in [6.45, 7) is 1.11. The Bertz CT molecular complexity index is 1240. The number of anilines is 2. The Kier molecular flexibility index (Phi) is 5.26. The van der Waals surface area contributed by atoms with Crippen LogP contribution in [0.5, 0.6) is 0 Å². The van der Waals surface area contributed by atoms with Gasteiger partial charge < -0.3 is 9.26 Å². The molecule has 1 aliphatic rings. The van der Waals surface area contributed by atoms with Gasteiger partial charge in [-0.1, -0.05) is 28.9 Å². The molecule has 4 rings (SSSR count). The molecule has 0 bridgehead atoms. The van der Waals surface area contributed by atoms with Crippen LogP contribution in [0.2, 0.25) is 5.02 Å². The molecule has 0 atom stereocenters. The lowest BCUT2D eigenvalue weighted by atomic mass is 10.1. The maximum absolute atomic E-state index is 12.8. The van der Waals surface area contributed by atoms with Crippen LogP contribution < -0.4 is 10.2 Å². The fraction of sp³-hybridized carbons (Fsp3) is 0.0952. The fourth-order valence-corrected chi connectivity index (χ4v) is 3.25. The molecular formula is C21H14ClN3O6. The van der Waals surface area contributed by atoms with Crippen molar-refractivity contribution in [3.05, 3.63) is 75.9 Å². The Morgan fingerprint density at radius 2 is 1.84 bits per heavy atom. The highest BCUT2D eigenvalue weighted by molar-refractivity contribution is 6.39. The molecule has 0 aliphatic carbocycles. The number of carbonyl (C=O) groups is 4. The number of carbonyl (C=O) groups excluding carboxylic acids is 4. The van der Waals surface area contributed by atoms with E-state index in [0.717, 1.165) is 4.90 Å². The monoisotopic (exact) mass is 439 g/mol. The summed E-state index contributed by atoms with van der Waals surface area (Å²) in [5.74, 6) is -2.49. The fourth-order valence-electron chi connectivity index (χ4n) is 3.03. The number of halogens is 1. The lowest BCUT2D eigenvalue weighted by molar-refractivity contribution is -0.119. The number of aryl methyl sites for hydroxylation is 1. The number of esters is 1. The Hall–Kier alpha value is -3.98. The van der Waals surface area contributed by atoms with Gasteiger partial charge in [-0.15, -0.1) is 0 Å². The van der Waals surface area contributed by atoms with E-state index in [0.29, 0.717) is 5.69 Å². The van der Waals surface area contributed by atoms with E-state index in [-0.39, 0.29) is 33.3 Å². The zero-order valence-electron chi connectivity index (χ0n) is 16.0. The van der Waals surface area contributed by atoms with Crippen molar-refractivity contribution in [2.45, 2.75) is 6.92 Å². The van der Waals surface area contributed by atoms with Gasteiger partial charge in [-0.3, -0.25) is 19.7 Å². The number of hydrogen-bond donors (Lipinski definition) is 1. The maximum Gasteiger partial charge on any atom is 0.338 e. The first kappa shape index (κ1) is 20.3. The zero-order chi connectivity index (χ0) is 22.1. The Morgan fingerprint density at radius 1 is 1.10 bits per heavy atom. The molecular weight excluding hydrogens is 426 g/mol. The average molecular weight is 440 g/mol. The van der Waals surface area contributed by atoms with Crippen molar-refractivity contribution in [1.82, 2.24) is 5.16 Å². The van der Waals surface area contributed by atoms with Gasteiger partial charge in [0.1, 0.15) is 0 Å². The second-order valence-electron chi connectivity index (χ2n) is 6.61. The highest BCUT2D eigenvalue weighted by Crippen LogP contribution is 2.33. The molecule has 0 fully saturated rings. The van der Waals surface area contributed by atoms with Gasteiger partial charge in [-0.05, 0) is 37.3 Å². The second kappa shape index (κ2) is 8.04. The van der Waals surface area contributed by atoms with E-state index in [1.54, 1.807) is 31.2 Å². The number of nitrogens with zero attached hydrogens (tertiary/aromatic N) is 2. The van der Waals surface area contributed by atoms with E-state index in [1.807, 2.05) is 0 Å². The molecule has 10 heteroatoms. The van der Waals surface area contributed by atoms with E-state index >= 15 is 0 Å². The Morgan fingerprint density at radius 3 is 2.55 bits per heavy atom. The minimum atomic E-state index is -0.830. The summed E-state index contributed by atoms with van der Waals surface area (Å²) in [6.07, 6.45) is 0. The Labute approximate surface area is 180 Å². The van der Waals surface area contributed by atoms with Gasteiger partial charge in [0, 0.05) is 6.07 Å². The molecule has 0 spiro atoms. The smallest absolute Gasteiger partial charge is 0.338 e. The number of rotatable bonds is 5. The van der Waals surface area contributed by atoms with E-state index in [1.165, 1.54) is 24.3 Å². The number of fused-ring (bicyclic) bond motifs is 1. The van der Waals surface area contributed by atoms with Gasteiger partial charge in [-0.25, -0.2) is 9.69 Å². The zero-order valence-corrected chi connectivity index (χ0v) is 16.8. The molecule has 1 aliphatic heterocycles. The van der Waals surface area contributed by atoms with E-state index in [2.05, 4.69) is 10.5 Å². The van der Waals surface area contributed by atoms with Gasteiger partial charge >= 0.3 is 5.97 Å². The van der Waals surface area contributed by atoms with Crippen LogP contribution in [0.15, 0.2) is 53.1 Å². The minimum absolute atomic E-state index is 0.0178. The third-order valence-corrected chi connectivity index (χ3v) is 4.76. The molecule has 31 heavy (non-hydrogen) atoms. The first-order valence-corrected chi connectivity index (χ1v) is 9.40. The third kappa shape index (κ3) is 3.90. The molecule has 3 amide bonds. The van der Waals surface area contributed by atoms with Crippen molar-refractivity contribution in [3.63, 3.8) is 0 Å². The van der Waals surface area contributed by atoms with Crippen LogP contribution >= 0.6 is 11.6 Å². The first-order valence-electron chi connectivity index (χ1n) is 9.03. The number of para-hydroxylation sites is 1. The van der Waals surface area contributed by atoms with Gasteiger partial charge in [0.25, 0.3) is 17.7 Å². The van der Waals surface area contributed by atoms with Gasteiger partial charge in [0.05, 0.1) is 33.1 Å². The van der Waals surface area contributed by atoms with Crippen LogP contribution in [0.1, 0.15) is 36.8 Å². The average Bonchev–Trinajstić information content (AvgIpc) is 3.27. The normalized spacial score (nSPS) is 12.6. The number of aromatic nitrogens is 1. The predicted octanol–water partition coefficient (Wildman–Crippen LogP) is 3.23. The quantitative estimate of drug-likeness (QED) is 0.478. The number of benzene rings is 2. The molecule has 0 saturated carbocycles. The lowest BCUT2D eigenvalue weighted by Gasteiger charge is -2.15. The molecule has 0 unspecified atom stereocenters. The van der Waals surface area contributed by atoms with Crippen molar-refractivity contribution < 1.29 is 28.4 Å². The van der Waals surface area contributed by atoms with Crippen LogP contribution in [0.3, 0.4) is 0 Å². The Balaban J connectivity index is 1.47. The third-order valence-electron chi connectivity index (χ3n) is 4.44. The number of nitrogens with one attached hydrogen (secondary N) is 1. The van der Waals surface area contributed by atoms with Crippen molar-refractivity contribution in [1.29, 1.82) is 0 Å². The highest BCUT2D eigenvalue weighted by Gasteiger charge is 2.38. The van der Waals surface area contributed by atoms with E-state index in [9.17, 15) is 19.2 Å². The molecule has 2 aromatic carbocycles. The molecule has 1 N–H and O–H groups in total. The summed E-state index contributed by atoms with van der Waals surface area (Å²) in [4.78, 5) is 50.7. The van der Waals surface area contributed by atoms with Crippen molar-refractivity contribution in [2.75, 3.05) is 16.8 Å². The van der Waals surface area contributed by atoms with Crippen LogP contribution in [0, 0.1) is 6.92 Å². The van der Waals surface area contributed by atoms with Gasteiger partial charge in [0.2, 0.25) is 5.88 Å². The van der Waals surface area contributed by atoms with Crippen LogP contribution in [0.4, 0.5) is 11.6 Å². The van der Waals surface area contributed by atoms with E-state index < -0.39 is 30.3 Å². The molecule has 0 saturated heterocycles. The molecule has 1 aromatic heterocycles. The van der Waals surface area contributed by atoms with Crippen LogP contribution in [-0.4, -0.2) is 35.5 Å². The molecule has 3 aromatic rings. The number of amides is 3. The number of ether oxygens (including phenoxy) is 1. The summed E-state index contributed by atoms with van der Waals surface area (Å²) in [5.41, 5.74) is 1.03. The number of hydrogen-bond acceptors (Lipinski definition) is 7. The van der Waals surface area contributed by atoms with Crippen LogP contribution in [-0.2, 0) is 9.53 Å². The summed E-state index contributed by atoms with van der Waals surface area (Å²) in [6, 6.07) is 11.9. The van der Waals surface area contributed by atoms with Crippen molar-refractivity contribution in [3.8, 4) is 0 Å². The predicted molar refractivity (Wildman–Crippen MR) is 109 cm³/mol. The maximum atomic E-state index is 12.8. The largest absolute Gasteiger partial charge is 0.452 e. The number of imide groups is 1. The van der Waals surface area contributed by atoms with Gasteiger partial charge in [0.15, 0.2) is 6.61 Å². The highest BCUT2D eigenvalue weighted by atomic mass is 35.5. The summed E-state index contributed by atoms with van der Waals surface area (Å²) < 4.78 is 9.82.